The minimum atomic E-state index is -0.826. The van der Waals surface area contributed by atoms with Gasteiger partial charge < -0.3 is 19.9 Å². The number of nitrogens with one attached hydrogen (secondary N) is 1. The van der Waals surface area contributed by atoms with Crippen molar-refractivity contribution in [3.8, 4) is 11.5 Å². The van der Waals surface area contributed by atoms with Gasteiger partial charge in [-0.05, 0) is 32.0 Å². The van der Waals surface area contributed by atoms with E-state index in [0.29, 0.717) is 6.61 Å². The molecular weight excluding hydrogens is 242 g/mol. The number of benzene rings is 1. The van der Waals surface area contributed by atoms with Gasteiger partial charge in [-0.1, -0.05) is 13.8 Å². The zero-order valence-electron chi connectivity index (χ0n) is 12.1. The average molecular weight is 265 g/mol. The number of hydrogen-bond donors (Lipinski definition) is 2. The van der Waals surface area contributed by atoms with Crippen LogP contribution >= 0.6 is 0 Å². The first-order valence-electron chi connectivity index (χ1n) is 6.73. The Kier molecular flexibility index (Phi) is 4.02. The van der Waals surface area contributed by atoms with Crippen LogP contribution in [0.3, 0.4) is 0 Å². The third-order valence-corrected chi connectivity index (χ3v) is 3.89. The van der Waals surface area contributed by atoms with Gasteiger partial charge in [-0.15, -0.1) is 0 Å². The zero-order valence-corrected chi connectivity index (χ0v) is 12.1. The Morgan fingerprint density at radius 3 is 2.89 bits per heavy atom. The van der Waals surface area contributed by atoms with Gasteiger partial charge in [0, 0.05) is 11.6 Å². The molecule has 1 aromatic carbocycles. The molecule has 1 aromatic rings. The first-order valence-corrected chi connectivity index (χ1v) is 6.73. The van der Waals surface area contributed by atoms with Gasteiger partial charge in [0.15, 0.2) is 0 Å². The van der Waals surface area contributed by atoms with Crippen molar-refractivity contribution in [2.45, 2.75) is 32.4 Å². The molecule has 0 aliphatic carbocycles. The fourth-order valence-electron chi connectivity index (χ4n) is 1.92. The fourth-order valence-corrected chi connectivity index (χ4v) is 1.92. The molecule has 19 heavy (non-hydrogen) atoms. The Balaban J connectivity index is 2.04. The van der Waals surface area contributed by atoms with Crippen molar-refractivity contribution in [2.75, 3.05) is 20.3 Å². The molecule has 4 heteroatoms. The monoisotopic (exact) mass is 265 g/mol. The Bertz CT molecular complexity index is 443. The molecule has 2 rings (SSSR count). The normalized spacial score (nSPS) is 20.8. The molecule has 0 fully saturated rings. The lowest BCUT2D eigenvalue weighted by Gasteiger charge is -2.27. The van der Waals surface area contributed by atoms with E-state index in [9.17, 15) is 5.11 Å². The first kappa shape index (κ1) is 14.2. The largest absolute Gasteiger partial charge is 0.491 e. The zero-order chi connectivity index (χ0) is 14.0. The van der Waals surface area contributed by atoms with E-state index in [0.717, 1.165) is 17.1 Å². The second-order valence-corrected chi connectivity index (χ2v) is 5.65. The Hall–Kier alpha value is -1.26. The highest BCUT2D eigenvalue weighted by Gasteiger charge is 2.27. The maximum absolute atomic E-state index is 10.2. The van der Waals surface area contributed by atoms with Gasteiger partial charge >= 0.3 is 0 Å². The van der Waals surface area contributed by atoms with Gasteiger partial charge in [-0.25, -0.2) is 0 Å². The van der Waals surface area contributed by atoms with Gasteiger partial charge in [0.2, 0.25) is 0 Å². The lowest BCUT2D eigenvalue weighted by Crippen LogP contribution is -2.37. The molecule has 0 amide bonds. The van der Waals surface area contributed by atoms with Crippen LogP contribution in [0.1, 0.15) is 32.4 Å². The van der Waals surface area contributed by atoms with Gasteiger partial charge in [0.25, 0.3) is 0 Å². The molecular formula is C15H23NO3. The molecule has 2 N–H and O–H groups in total. The summed E-state index contributed by atoms with van der Waals surface area (Å²) in [5.74, 6) is 1.74. The summed E-state index contributed by atoms with van der Waals surface area (Å²) in [6.45, 7) is 6.68. The summed E-state index contributed by atoms with van der Waals surface area (Å²) >= 11 is 0. The summed E-state index contributed by atoms with van der Waals surface area (Å²) in [7, 11) is 1.92. The van der Waals surface area contributed by atoms with Gasteiger partial charge in [0.1, 0.15) is 24.7 Å². The summed E-state index contributed by atoms with van der Waals surface area (Å²) in [5, 5.41) is 13.4. The average Bonchev–Trinajstić information content (AvgIpc) is 2.78. The fraction of sp³-hybridized carbons (Fsp3) is 0.600. The summed E-state index contributed by atoms with van der Waals surface area (Å²) in [4.78, 5) is 0. The maximum Gasteiger partial charge on any atom is 0.127 e. The Morgan fingerprint density at radius 1 is 1.53 bits per heavy atom. The van der Waals surface area contributed by atoms with Crippen LogP contribution in [0.2, 0.25) is 0 Å². The minimum absolute atomic E-state index is 0.145. The van der Waals surface area contributed by atoms with Crippen LogP contribution in [-0.4, -0.2) is 31.0 Å². The van der Waals surface area contributed by atoms with Crippen molar-refractivity contribution < 1.29 is 14.6 Å². The van der Waals surface area contributed by atoms with Crippen molar-refractivity contribution >= 4 is 0 Å². The second-order valence-electron chi connectivity index (χ2n) is 5.65. The number of likely N-dealkylation sites (N-methyl/N-ethyl adjacent to an activating group) is 1. The molecule has 0 saturated heterocycles. The van der Waals surface area contributed by atoms with E-state index in [1.807, 2.05) is 39.1 Å². The summed E-state index contributed by atoms with van der Waals surface area (Å²) in [6.07, 6.45) is 0. The van der Waals surface area contributed by atoms with E-state index in [1.165, 1.54) is 0 Å². The van der Waals surface area contributed by atoms with E-state index in [-0.39, 0.29) is 18.6 Å². The summed E-state index contributed by atoms with van der Waals surface area (Å²) < 4.78 is 11.3. The smallest absolute Gasteiger partial charge is 0.127 e. The lowest BCUT2D eigenvalue weighted by atomic mass is 9.94. The predicted octanol–water partition coefficient (Wildman–Crippen LogP) is 2.13. The van der Waals surface area contributed by atoms with Gasteiger partial charge in [-0.3, -0.25) is 0 Å². The standard InChI is InChI=1S/C15H23NO3/c1-10(2)15(3,17)9-19-11-5-6-12-13(16-4)8-18-14(12)7-11/h5-7,10,13,16-17H,8-9H2,1-4H3. The predicted molar refractivity (Wildman–Crippen MR) is 74.7 cm³/mol. The molecule has 1 heterocycles. The molecule has 4 nitrogen and oxygen atoms in total. The van der Waals surface area contributed by atoms with Crippen LogP contribution in [0.25, 0.3) is 0 Å². The van der Waals surface area contributed by atoms with Crippen LogP contribution in [0.5, 0.6) is 11.5 Å². The van der Waals surface area contributed by atoms with E-state index >= 15 is 0 Å². The molecule has 0 saturated carbocycles. The molecule has 2 atom stereocenters. The van der Waals surface area contributed by atoms with E-state index in [2.05, 4.69) is 5.32 Å². The van der Waals surface area contributed by atoms with Crippen molar-refractivity contribution in [3.05, 3.63) is 23.8 Å². The molecule has 1 aliphatic heterocycles. The van der Waals surface area contributed by atoms with Gasteiger partial charge in [-0.2, -0.15) is 0 Å². The van der Waals surface area contributed by atoms with Crippen LogP contribution in [-0.2, 0) is 0 Å². The van der Waals surface area contributed by atoms with Crippen molar-refractivity contribution in [3.63, 3.8) is 0 Å². The highest BCUT2D eigenvalue weighted by molar-refractivity contribution is 5.45. The van der Waals surface area contributed by atoms with Crippen LogP contribution in [0.15, 0.2) is 18.2 Å². The number of ether oxygens (including phenoxy) is 2. The van der Waals surface area contributed by atoms with E-state index in [1.54, 1.807) is 6.92 Å². The quantitative estimate of drug-likeness (QED) is 0.856. The maximum atomic E-state index is 10.2. The highest BCUT2D eigenvalue weighted by Crippen LogP contribution is 2.35. The van der Waals surface area contributed by atoms with Crippen molar-refractivity contribution in [1.82, 2.24) is 5.32 Å². The first-order chi connectivity index (χ1) is 8.94. The highest BCUT2D eigenvalue weighted by atomic mass is 16.5. The number of aliphatic hydroxyl groups is 1. The van der Waals surface area contributed by atoms with Crippen LogP contribution < -0.4 is 14.8 Å². The number of rotatable bonds is 5. The summed E-state index contributed by atoms with van der Waals surface area (Å²) in [5.41, 5.74) is 0.332. The molecule has 106 valence electrons. The van der Waals surface area contributed by atoms with Crippen molar-refractivity contribution in [2.24, 2.45) is 5.92 Å². The van der Waals surface area contributed by atoms with Crippen molar-refractivity contribution in [1.29, 1.82) is 0 Å². The second kappa shape index (κ2) is 5.39. The molecule has 0 spiro atoms. The molecule has 0 aromatic heterocycles. The van der Waals surface area contributed by atoms with Crippen LogP contribution in [0.4, 0.5) is 0 Å². The number of fused-ring (bicyclic) bond motifs is 1. The van der Waals surface area contributed by atoms with Crippen LogP contribution in [0, 0.1) is 5.92 Å². The Morgan fingerprint density at radius 2 is 2.26 bits per heavy atom. The Labute approximate surface area is 114 Å². The third-order valence-electron chi connectivity index (χ3n) is 3.89. The molecule has 2 unspecified atom stereocenters. The summed E-state index contributed by atoms with van der Waals surface area (Å²) in [6, 6.07) is 6.09. The van der Waals surface area contributed by atoms with Gasteiger partial charge in [0.05, 0.1) is 11.6 Å². The topological polar surface area (TPSA) is 50.7 Å². The third kappa shape index (κ3) is 3.01. The molecule has 0 bridgehead atoms. The van der Waals surface area contributed by atoms with E-state index in [4.69, 9.17) is 9.47 Å². The van der Waals surface area contributed by atoms with E-state index < -0.39 is 5.60 Å². The SMILES string of the molecule is CNC1COc2cc(OCC(C)(O)C(C)C)ccc21. The molecule has 1 aliphatic rings. The number of hydrogen-bond acceptors (Lipinski definition) is 4. The lowest BCUT2D eigenvalue weighted by molar-refractivity contribution is -0.0266. The molecule has 0 radical (unpaired) electrons. The minimum Gasteiger partial charge on any atom is -0.491 e.